The Labute approximate surface area is 217 Å². The van der Waals surface area contributed by atoms with Crippen LogP contribution in [0.15, 0.2) is 48.0 Å². The van der Waals surface area contributed by atoms with Crippen LogP contribution in [0.4, 0.5) is 15.8 Å². The largest absolute Gasteiger partial charge is 0.495 e. The second-order valence-electron chi connectivity index (χ2n) is 8.90. The standard InChI is InChI=1S/C27H32FN5O3S/c1-5-25-22(9-7-14-29-23-12-11-19(37(4,34)35)17-26(23)36-3)31-27-24(10-8-15-33(25)27)30-21-13-16-32(6-2)18-20(21)28/h5,8,10-12,15,17,20-21,29-30H,1,6,13-14,16,18H2,2-4H3/t20-,21+/m0/s1. The van der Waals surface area contributed by atoms with Crippen LogP contribution in [0.3, 0.4) is 0 Å². The molecule has 0 saturated carbocycles. The Kier molecular flexibility index (Phi) is 8.05. The van der Waals surface area contributed by atoms with E-state index in [0.717, 1.165) is 37.1 Å². The summed E-state index contributed by atoms with van der Waals surface area (Å²) >= 11 is 0. The Morgan fingerprint density at radius 1 is 1.32 bits per heavy atom. The van der Waals surface area contributed by atoms with Gasteiger partial charge in [-0.05, 0) is 49.2 Å². The van der Waals surface area contributed by atoms with Crippen LogP contribution in [0.25, 0.3) is 11.7 Å². The number of halogens is 1. The predicted molar refractivity (Wildman–Crippen MR) is 146 cm³/mol. The minimum Gasteiger partial charge on any atom is -0.495 e. The van der Waals surface area contributed by atoms with Gasteiger partial charge < -0.3 is 20.3 Å². The van der Waals surface area contributed by atoms with Gasteiger partial charge in [0.05, 0.1) is 41.7 Å². The fraction of sp³-hybridized carbons (Fsp3) is 0.370. The van der Waals surface area contributed by atoms with Gasteiger partial charge in [0, 0.05) is 31.6 Å². The first-order valence-corrected chi connectivity index (χ1v) is 14.0. The van der Waals surface area contributed by atoms with Crippen LogP contribution in [0, 0.1) is 11.8 Å². The van der Waals surface area contributed by atoms with Crippen molar-refractivity contribution in [3.05, 3.63) is 54.5 Å². The number of nitrogens with zero attached hydrogens (tertiary/aromatic N) is 3. The first kappa shape index (κ1) is 26.5. The van der Waals surface area contributed by atoms with Crippen molar-refractivity contribution in [2.24, 2.45) is 0 Å². The highest BCUT2D eigenvalue weighted by atomic mass is 32.2. The summed E-state index contributed by atoms with van der Waals surface area (Å²) in [5.74, 6) is 6.56. The van der Waals surface area contributed by atoms with Gasteiger partial charge in [-0.1, -0.05) is 19.4 Å². The van der Waals surface area contributed by atoms with E-state index in [1.165, 1.54) is 19.2 Å². The lowest BCUT2D eigenvalue weighted by Crippen LogP contribution is -2.47. The maximum absolute atomic E-state index is 14.8. The third-order valence-electron chi connectivity index (χ3n) is 6.47. The smallest absolute Gasteiger partial charge is 0.175 e. The van der Waals surface area contributed by atoms with Gasteiger partial charge in [0.1, 0.15) is 17.6 Å². The third-order valence-corrected chi connectivity index (χ3v) is 7.58. The van der Waals surface area contributed by atoms with E-state index in [9.17, 15) is 12.8 Å². The topological polar surface area (TPSA) is 88.0 Å². The van der Waals surface area contributed by atoms with Gasteiger partial charge in [0.2, 0.25) is 0 Å². The van der Waals surface area contributed by atoms with Crippen molar-refractivity contribution in [1.82, 2.24) is 14.3 Å². The fourth-order valence-corrected chi connectivity index (χ4v) is 5.05. The SMILES string of the molecule is C=Cc1c(C#CCNc2ccc(S(C)(=O)=O)cc2OC)nc2c(N[C@@H]3CCN(CC)C[C@@H]3F)cccn12. The van der Waals surface area contributed by atoms with Crippen molar-refractivity contribution < 1.29 is 17.5 Å². The van der Waals surface area contributed by atoms with Gasteiger partial charge in [0.25, 0.3) is 0 Å². The fourth-order valence-electron chi connectivity index (χ4n) is 4.42. The number of likely N-dealkylation sites (tertiary alicyclic amines) is 1. The van der Waals surface area contributed by atoms with E-state index < -0.39 is 16.0 Å². The Morgan fingerprint density at radius 2 is 2.14 bits per heavy atom. The highest BCUT2D eigenvalue weighted by Crippen LogP contribution is 2.28. The zero-order valence-electron chi connectivity index (χ0n) is 21.3. The molecule has 4 rings (SSSR count). The molecule has 2 atom stereocenters. The first-order chi connectivity index (χ1) is 17.7. The second kappa shape index (κ2) is 11.2. The molecule has 0 bridgehead atoms. The molecule has 0 amide bonds. The number of benzene rings is 1. The summed E-state index contributed by atoms with van der Waals surface area (Å²) in [6, 6.07) is 8.17. The van der Waals surface area contributed by atoms with Gasteiger partial charge in [-0.3, -0.25) is 4.40 Å². The number of imidazole rings is 1. The number of fused-ring (bicyclic) bond motifs is 1. The van der Waals surface area contributed by atoms with E-state index in [4.69, 9.17) is 9.72 Å². The normalized spacial score (nSPS) is 18.2. The summed E-state index contributed by atoms with van der Waals surface area (Å²) in [6.45, 7) is 8.38. The number of pyridine rings is 1. The lowest BCUT2D eigenvalue weighted by molar-refractivity contribution is 0.132. The molecule has 0 unspecified atom stereocenters. The molecule has 3 aromatic rings. The van der Waals surface area contributed by atoms with Gasteiger partial charge in [-0.15, -0.1) is 0 Å². The van der Waals surface area contributed by atoms with Gasteiger partial charge in [-0.25, -0.2) is 17.8 Å². The van der Waals surface area contributed by atoms with E-state index in [1.54, 1.807) is 12.1 Å². The Bertz CT molecular complexity index is 1460. The minimum absolute atomic E-state index is 0.181. The summed E-state index contributed by atoms with van der Waals surface area (Å²) in [7, 11) is -1.86. The van der Waals surface area contributed by atoms with Crippen molar-refractivity contribution in [3.63, 3.8) is 0 Å². The van der Waals surface area contributed by atoms with Crippen molar-refractivity contribution in [3.8, 4) is 17.6 Å². The number of hydrogen-bond donors (Lipinski definition) is 2. The zero-order valence-corrected chi connectivity index (χ0v) is 22.1. The molecular weight excluding hydrogens is 493 g/mol. The Morgan fingerprint density at radius 3 is 2.81 bits per heavy atom. The van der Waals surface area contributed by atoms with Crippen molar-refractivity contribution in [2.75, 3.05) is 50.2 Å². The molecule has 8 nitrogen and oxygen atoms in total. The zero-order chi connectivity index (χ0) is 26.6. The molecule has 3 heterocycles. The Hall–Kier alpha value is -3.55. The van der Waals surface area contributed by atoms with Gasteiger partial charge in [0.15, 0.2) is 15.5 Å². The molecular formula is C27H32FN5O3S. The van der Waals surface area contributed by atoms with E-state index in [-0.39, 0.29) is 17.5 Å². The first-order valence-electron chi connectivity index (χ1n) is 12.1. The van der Waals surface area contributed by atoms with Crippen LogP contribution in [-0.4, -0.2) is 74.5 Å². The number of hydrogen-bond acceptors (Lipinski definition) is 7. The van der Waals surface area contributed by atoms with Crippen LogP contribution in [0.2, 0.25) is 0 Å². The molecule has 0 spiro atoms. The Balaban J connectivity index is 1.53. The molecule has 2 aromatic heterocycles. The highest BCUT2D eigenvalue weighted by molar-refractivity contribution is 7.90. The summed E-state index contributed by atoms with van der Waals surface area (Å²) in [6.07, 6.45) is 4.49. The molecule has 1 aromatic carbocycles. The average Bonchev–Trinajstić information content (AvgIpc) is 3.25. The van der Waals surface area contributed by atoms with Crippen LogP contribution in [0.5, 0.6) is 5.75 Å². The molecule has 1 aliphatic heterocycles. The molecule has 37 heavy (non-hydrogen) atoms. The number of rotatable bonds is 8. The number of aromatic nitrogens is 2. The quantitative estimate of drug-likeness (QED) is 0.434. The van der Waals surface area contributed by atoms with Gasteiger partial charge >= 0.3 is 0 Å². The van der Waals surface area contributed by atoms with E-state index >= 15 is 0 Å². The number of sulfone groups is 1. The van der Waals surface area contributed by atoms with Crippen LogP contribution >= 0.6 is 0 Å². The number of alkyl halides is 1. The second-order valence-corrected chi connectivity index (χ2v) is 10.9. The van der Waals surface area contributed by atoms with Crippen molar-refractivity contribution >= 4 is 32.9 Å². The van der Waals surface area contributed by atoms with E-state index in [0.29, 0.717) is 29.3 Å². The van der Waals surface area contributed by atoms with E-state index in [1.807, 2.05) is 29.7 Å². The van der Waals surface area contributed by atoms with Crippen molar-refractivity contribution in [2.45, 2.75) is 30.5 Å². The molecule has 0 aliphatic carbocycles. The molecule has 0 radical (unpaired) electrons. The number of nitrogens with one attached hydrogen (secondary N) is 2. The van der Waals surface area contributed by atoms with Crippen LogP contribution < -0.4 is 15.4 Å². The highest BCUT2D eigenvalue weighted by Gasteiger charge is 2.29. The number of anilines is 2. The third kappa shape index (κ3) is 5.89. The monoisotopic (exact) mass is 525 g/mol. The lowest BCUT2D eigenvalue weighted by Gasteiger charge is -2.34. The summed E-state index contributed by atoms with van der Waals surface area (Å²) in [5.41, 5.74) is 3.36. The van der Waals surface area contributed by atoms with Gasteiger partial charge in [-0.2, -0.15) is 0 Å². The summed E-state index contributed by atoms with van der Waals surface area (Å²) < 4.78 is 45.6. The molecule has 1 saturated heterocycles. The number of methoxy groups -OCH3 is 1. The van der Waals surface area contributed by atoms with E-state index in [2.05, 4.69) is 34.0 Å². The lowest BCUT2D eigenvalue weighted by atomic mass is 10.0. The number of ether oxygens (including phenoxy) is 1. The molecule has 196 valence electrons. The molecule has 2 N–H and O–H groups in total. The predicted octanol–water partition coefficient (Wildman–Crippen LogP) is 3.70. The summed E-state index contributed by atoms with van der Waals surface area (Å²) in [4.78, 5) is 7.02. The molecule has 1 fully saturated rings. The van der Waals surface area contributed by atoms with Crippen LogP contribution in [0.1, 0.15) is 24.7 Å². The maximum atomic E-state index is 14.8. The van der Waals surface area contributed by atoms with Crippen molar-refractivity contribution in [1.29, 1.82) is 0 Å². The number of piperidine rings is 1. The maximum Gasteiger partial charge on any atom is 0.175 e. The minimum atomic E-state index is -3.34. The van der Waals surface area contributed by atoms with Crippen LogP contribution in [-0.2, 0) is 9.84 Å². The summed E-state index contributed by atoms with van der Waals surface area (Å²) in [5, 5.41) is 6.51. The average molecular weight is 526 g/mol. The molecule has 1 aliphatic rings. The molecule has 10 heteroatoms.